The lowest BCUT2D eigenvalue weighted by Crippen LogP contribution is -2.37. The highest BCUT2D eigenvalue weighted by Gasteiger charge is 2.13. The molecule has 0 saturated carbocycles. The van der Waals surface area contributed by atoms with Gasteiger partial charge in [0.2, 0.25) is 0 Å². The molecule has 0 spiro atoms. The zero-order valence-electron chi connectivity index (χ0n) is 6.92. The average Bonchev–Trinajstić information content (AvgIpc) is 1.91. The molecule has 3 heteroatoms. The highest BCUT2D eigenvalue weighted by molar-refractivity contribution is 6.30. The van der Waals surface area contributed by atoms with Gasteiger partial charge in [-0.15, -0.1) is 0 Å². The highest BCUT2D eigenvalue weighted by atomic mass is 35.5. The predicted octanol–water partition coefficient (Wildman–Crippen LogP) is 1.55. The van der Waals surface area contributed by atoms with Gasteiger partial charge in [-0.3, -0.25) is 0 Å². The molecule has 0 aromatic heterocycles. The normalized spacial score (nSPS) is 15.7. The molecule has 1 aromatic rings. The Bertz CT molecular complexity index is 250. The summed E-state index contributed by atoms with van der Waals surface area (Å²) in [7, 11) is 0. The summed E-state index contributed by atoms with van der Waals surface area (Å²) in [6.45, 7) is 1.57. The summed E-state index contributed by atoms with van der Waals surface area (Å²) in [4.78, 5) is 0. The van der Waals surface area contributed by atoms with E-state index >= 15 is 0 Å². The summed E-state index contributed by atoms with van der Waals surface area (Å²) < 4.78 is 0. The van der Waals surface area contributed by atoms with Gasteiger partial charge in [0.15, 0.2) is 0 Å². The number of halogens is 1. The Balaban J connectivity index is 2.71. The molecular weight excluding hydrogens is 174 g/mol. The van der Waals surface area contributed by atoms with Crippen molar-refractivity contribution in [2.24, 2.45) is 5.73 Å². The Labute approximate surface area is 77.0 Å². The quantitative estimate of drug-likeness (QED) is 0.687. The fraction of sp³-hybridized carbons (Fsp3) is 0.333. The molecule has 0 saturated heterocycles. The summed E-state index contributed by atoms with van der Waals surface area (Å²) in [5.74, 6) is 0. The minimum absolute atomic E-state index is 0.435. The first kappa shape index (κ1) is 9.52. The maximum atomic E-state index is 9.29. The molecule has 2 nitrogen and oxygen atoms in total. The van der Waals surface area contributed by atoms with E-state index in [1.54, 1.807) is 19.1 Å². The van der Waals surface area contributed by atoms with Gasteiger partial charge in [0.1, 0.15) is 5.72 Å². The van der Waals surface area contributed by atoms with Crippen LogP contribution in [0.2, 0.25) is 5.02 Å². The van der Waals surface area contributed by atoms with E-state index in [1.165, 1.54) is 0 Å². The molecule has 12 heavy (non-hydrogen) atoms. The van der Waals surface area contributed by atoms with Crippen molar-refractivity contribution in [3.8, 4) is 0 Å². The van der Waals surface area contributed by atoms with Gasteiger partial charge in [0.05, 0.1) is 0 Å². The zero-order valence-corrected chi connectivity index (χ0v) is 7.67. The van der Waals surface area contributed by atoms with Gasteiger partial charge in [-0.05, 0) is 24.6 Å². The van der Waals surface area contributed by atoms with Crippen molar-refractivity contribution in [2.75, 3.05) is 0 Å². The summed E-state index contributed by atoms with van der Waals surface area (Å²) in [6, 6.07) is 7.26. The number of aliphatic hydroxyl groups is 1. The van der Waals surface area contributed by atoms with Crippen LogP contribution in [0.15, 0.2) is 24.3 Å². The molecular formula is C9H12ClNO. The molecule has 0 heterocycles. The van der Waals surface area contributed by atoms with Gasteiger partial charge < -0.3 is 10.8 Å². The topological polar surface area (TPSA) is 46.2 Å². The van der Waals surface area contributed by atoms with Gasteiger partial charge in [-0.25, -0.2) is 0 Å². The molecule has 3 N–H and O–H groups in total. The molecule has 0 amide bonds. The van der Waals surface area contributed by atoms with Crippen LogP contribution in [0.1, 0.15) is 12.5 Å². The summed E-state index contributed by atoms with van der Waals surface area (Å²) in [5.41, 5.74) is 5.26. The minimum atomic E-state index is -1.15. The molecule has 1 unspecified atom stereocenters. The number of hydrogen-bond acceptors (Lipinski definition) is 2. The van der Waals surface area contributed by atoms with E-state index < -0.39 is 5.72 Å². The van der Waals surface area contributed by atoms with Crippen LogP contribution in [0.25, 0.3) is 0 Å². The fourth-order valence-electron chi connectivity index (χ4n) is 1.02. The van der Waals surface area contributed by atoms with Crippen LogP contribution in [0, 0.1) is 0 Å². The van der Waals surface area contributed by atoms with Crippen LogP contribution < -0.4 is 5.73 Å². The number of rotatable bonds is 2. The van der Waals surface area contributed by atoms with Crippen molar-refractivity contribution in [2.45, 2.75) is 19.1 Å². The van der Waals surface area contributed by atoms with Crippen LogP contribution in [0.3, 0.4) is 0 Å². The molecule has 0 fully saturated rings. The van der Waals surface area contributed by atoms with Crippen LogP contribution in [-0.4, -0.2) is 10.8 Å². The van der Waals surface area contributed by atoms with Crippen molar-refractivity contribution < 1.29 is 5.11 Å². The van der Waals surface area contributed by atoms with Gasteiger partial charge in [0.25, 0.3) is 0 Å². The molecule has 1 atom stereocenters. The van der Waals surface area contributed by atoms with Gasteiger partial charge in [-0.1, -0.05) is 23.7 Å². The second-order valence-electron chi connectivity index (χ2n) is 3.16. The summed E-state index contributed by atoms with van der Waals surface area (Å²) >= 11 is 5.69. The third-order valence-corrected chi connectivity index (χ3v) is 1.73. The summed E-state index contributed by atoms with van der Waals surface area (Å²) in [6.07, 6.45) is 0.435. The molecule has 0 aliphatic rings. The van der Waals surface area contributed by atoms with Gasteiger partial charge in [-0.2, -0.15) is 0 Å². The lowest BCUT2D eigenvalue weighted by Gasteiger charge is -2.16. The molecule has 0 aliphatic carbocycles. The van der Waals surface area contributed by atoms with E-state index in [4.69, 9.17) is 17.3 Å². The third-order valence-electron chi connectivity index (χ3n) is 1.48. The van der Waals surface area contributed by atoms with Crippen LogP contribution in [-0.2, 0) is 6.42 Å². The van der Waals surface area contributed by atoms with Gasteiger partial charge in [0, 0.05) is 11.4 Å². The Morgan fingerprint density at radius 2 is 1.92 bits per heavy atom. The first-order chi connectivity index (χ1) is 5.47. The van der Waals surface area contributed by atoms with E-state index in [0.29, 0.717) is 11.4 Å². The standard InChI is InChI=1S/C9H12ClNO/c1-9(11,12)6-7-2-4-8(10)5-3-7/h2-5,12H,6,11H2,1H3. The Morgan fingerprint density at radius 1 is 1.42 bits per heavy atom. The second kappa shape index (κ2) is 3.44. The van der Waals surface area contributed by atoms with Crippen molar-refractivity contribution in [1.29, 1.82) is 0 Å². The predicted molar refractivity (Wildman–Crippen MR) is 50.0 cm³/mol. The smallest absolute Gasteiger partial charge is 0.114 e. The van der Waals surface area contributed by atoms with Crippen molar-refractivity contribution in [3.63, 3.8) is 0 Å². The second-order valence-corrected chi connectivity index (χ2v) is 3.60. The Morgan fingerprint density at radius 3 is 2.33 bits per heavy atom. The SMILES string of the molecule is CC(N)(O)Cc1ccc(Cl)cc1. The first-order valence-corrected chi connectivity index (χ1v) is 4.11. The maximum Gasteiger partial charge on any atom is 0.114 e. The Hall–Kier alpha value is -0.570. The monoisotopic (exact) mass is 185 g/mol. The number of hydrogen-bond donors (Lipinski definition) is 2. The van der Waals surface area contributed by atoms with Gasteiger partial charge >= 0.3 is 0 Å². The molecule has 0 aliphatic heterocycles. The third kappa shape index (κ3) is 3.22. The van der Waals surface area contributed by atoms with E-state index in [9.17, 15) is 5.11 Å². The summed E-state index contributed by atoms with van der Waals surface area (Å²) in [5, 5.41) is 9.98. The molecule has 0 bridgehead atoms. The zero-order chi connectivity index (χ0) is 9.19. The fourth-order valence-corrected chi connectivity index (χ4v) is 1.14. The van der Waals surface area contributed by atoms with Crippen molar-refractivity contribution in [1.82, 2.24) is 0 Å². The molecule has 0 radical (unpaired) electrons. The average molecular weight is 186 g/mol. The Kier molecular flexibility index (Phi) is 2.73. The lowest BCUT2D eigenvalue weighted by molar-refractivity contribution is 0.0677. The van der Waals surface area contributed by atoms with E-state index in [-0.39, 0.29) is 0 Å². The molecule has 1 aromatic carbocycles. The van der Waals surface area contributed by atoms with Crippen LogP contribution >= 0.6 is 11.6 Å². The highest BCUT2D eigenvalue weighted by Crippen LogP contribution is 2.12. The van der Waals surface area contributed by atoms with E-state index in [2.05, 4.69) is 0 Å². The lowest BCUT2D eigenvalue weighted by atomic mass is 10.1. The van der Waals surface area contributed by atoms with Crippen molar-refractivity contribution >= 4 is 11.6 Å². The van der Waals surface area contributed by atoms with Crippen LogP contribution in [0.5, 0.6) is 0 Å². The van der Waals surface area contributed by atoms with Crippen LogP contribution in [0.4, 0.5) is 0 Å². The van der Waals surface area contributed by atoms with E-state index in [1.807, 2.05) is 12.1 Å². The maximum absolute atomic E-state index is 9.29. The molecule has 66 valence electrons. The first-order valence-electron chi connectivity index (χ1n) is 3.73. The molecule has 1 rings (SSSR count). The van der Waals surface area contributed by atoms with Crippen molar-refractivity contribution in [3.05, 3.63) is 34.9 Å². The minimum Gasteiger partial charge on any atom is -0.376 e. The number of nitrogens with two attached hydrogens (primary N) is 1. The largest absolute Gasteiger partial charge is 0.376 e. The number of benzene rings is 1. The van der Waals surface area contributed by atoms with E-state index in [0.717, 1.165) is 5.56 Å².